The molecule has 0 saturated carbocycles. The summed E-state index contributed by atoms with van der Waals surface area (Å²) in [7, 11) is 0. The second kappa shape index (κ2) is 12.2. The average molecular weight is 355 g/mol. The third-order valence-corrected chi connectivity index (χ3v) is 4.68. The monoisotopic (exact) mass is 354 g/mol. The Balaban J connectivity index is 1.98. The van der Waals surface area contributed by atoms with Gasteiger partial charge in [-0.15, -0.1) is 0 Å². The Morgan fingerprint density at radius 3 is 2.14 bits per heavy atom. The van der Waals surface area contributed by atoms with Gasteiger partial charge in [-0.1, -0.05) is 71.1 Å². The predicted octanol–water partition coefficient (Wildman–Crippen LogP) is 6.15. The van der Waals surface area contributed by atoms with Gasteiger partial charge >= 0.3 is 0 Å². The van der Waals surface area contributed by atoms with Crippen LogP contribution >= 0.6 is 15.9 Å². The summed E-state index contributed by atoms with van der Waals surface area (Å²) in [6, 6.07) is 4.01. The van der Waals surface area contributed by atoms with Crippen LogP contribution in [0.2, 0.25) is 0 Å². The van der Waals surface area contributed by atoms with E-state index in [-0.39, 0.29) is 6.04 Å². The van der Waals surface area contributed by atoms with Gasteiger partial charge < -0.3 is 5.73 Å². The highest BCUT2D eigenvalue weighted by molar-refractivity contribution is 9.10. The van der Waals surface area contributed by atoms with E-state index in [2.05, 4.69) is 27.8 Å². The Kier molecular flexibility index (Phi) is 10.8. The van der Waals surface area contributed by atoms with Crippen molar-refractivity contribution in [1.29, 1.82) is 0 Å². The molecule has 1 rings (SSSR count). The van der Waals surface area contributed by atoms with Crippen LogP contribution in [0, 0.1) is 0 Å². The maximum Gasteiger partial charge on any atom is 0.0712 e. The molecule has 21 heavy (non-hydrogen) atoms. The van der Waals surface area contributed by atoms with Crippen molar-refractivity contribution in [3.8, 4) is 0 Å². The first-order chi connectivity index (χ1) is 10.3. The van der Waals surface area contributed by atoms with E-state index >= 15 is 0 Å². The summed E-state index contributed by atoms with van der Waals surface area (Å²) in [5.41, 5.74) is 7.21. The molecule has 1 heterocycles. The first-order valence-electron chi connectivity index (χ1n) is 8.61. The standard InChI is InChI=1S/C18H31BrN2/c1-2-3-4-5-6-7-8-9-10-11-14-17(20)18-16(19)13-12-15-21-18/h12-13,15,17H,2-11,14,20H2,1H3. The lowest BCUT2D eigenvalue weighted by molar-refractivity contribution is 0.524. The van der Waals surface area contributed by atoms with Gasteiger partial charge in [0, 0.05) is 16.7 Å². The molecular weight excluding hydrogens is 324 g/mol. The van der Waals surface area contributed by atoms with E-state index < -0.39 is 0 Å². The highest BCUT2D eigenvalue weighted by Gasteiger charge is 2.10. The molecule has 0 bridgehead atoms. The number of hydrogen-bond acceptors (Lipinski definition) is 2. The molecule has 1 unspecified atom stereocenters. The number of unbranched alkanes of at least 4 members (excludes halogenated alkanes) is 9. The maximum absolute atomic E-state index is 6.21. The fraction of sp³-hybridized carbons (Fsp3) is 0.722. The number of hydrogen-bond donors (Lipinski definition) is 1. The average Bonchev–Trinajstić information content (AvgIpc) is 2.49. The number of aromatic nitrogens is 1. The van der Waals surface area contributed by atoms with Crippen molar-refractivity contribution in [3.63, 3.8) is 0 Å². The minimum atomic E-state index is 0.0645. The Morgan fingerprint density at radius 2 is 1.57 bits per heavy atom. The molecule has 0 amide bonds. The van der Waals surface area contributed by atoms with Crippen molar-refractivity contribution in [2.24, 2.45) is 5.73 Å². The van der Waals surface area contributed by atoms with Gasteiger partial charge in [-0.25, -0.2) is 0 Å². The zero-order valence-corrected chi connectivity index (χ0v) is 15.1. The van der Waals surface area contributed by atoms with Gasteiger partial charge in [-0.05, 0) is 34.5 Å². The van der Waals surface area contributed by atoms with Crippen LogP contribution in [0.15, 0.2) is 22.8 Å². The van der Waals surface area contributed by atoms with E-state index in [1.165, 1.54) is 64.2 Å². The topological polar surface area (TPSA) is 38.9 Å². The SMILES string of the molecule is CCCCCCCCCCCCC(N)c1ncccc1Br. The van der Waals surface area contributed by atoms with E-state index in [1.807, 2.05) is 18.3 Å². The Morgan fingerprint density at radius 1 is 1.00 bits per heavy atom. The molecule has 120 valence electrons. The van der Waals surface area contributed by atoms with E-state index in [4.69, 9.17) is 5.73 Å². The molecule has 2 nitrogen and oxygen atoms in total. The Bertz CT molecular complexity index is 368. The summed E-state index contributed by atoms with van der Waals surface area (Å²) in [6.45, 7) is 2.27. The highest BCUT2D eigenvalue weighted by atomic mass is 79.9. The van der Waals surface area contributed by atoms with Crippen LogP contribution in [-0.2, 0) is 0 Å². The molecule has 0 fully saturated rings. The zero-order chi connectivity index (χ0) is 15.3. The van der Waals surface area contributed by atoms with E-state index in [9.17, 15) is 0 Å². The molecule has 1 atom stereocenters. The minimum Gasteiger partial charge on any atom is -0.323 e. The summed E-state index contributed by atoms with van der Waals surface area (Å²) in [6.07, 6.45) is 16.5. The van der Waals surface area contributed by atoms with E-state index in [0.717, 1.165) is 16.6 Å². The summed E-state index contributed by atoms with van der Waals surface area (Å²) in [4.78, 5) is 4.37. The molecule has 3 heteroatoms. The smallest absolute Gasteiger partial charge is 0.0712 e. The van der Waals surface area contributed by atoms with Crippen molar-refractivity contribution in [3.05, 3.63) is 28.5 Å². The van der Waals surface area contributed by atoms with Crippen molar-refractivity contribution in [1.82, 2.24) is 4.98 Å². The van der Waals surface area contributed by atoms with Crippen LogP contribution < -0.4 is 5.73 Å². The summed E-state index contributed by atoms with van der Waals surface area (Å²) in [5, 5.41) is 0. The van der Waals surface area contributed by atoms with Crippen molar-refractivity contribution in [2.75, 3.05) is 0 Å². The van der Waals surface area contributed by atoms with E-state index in [1.54, 1.807) is 0 Å². The van der Waals surface area contributed by atoms with Crippen LogP contribution in [0.3, 0.4) is 0 Å². The molecular formula is C18H31BrN2. The van der Waals surface area contributed by atoms with Crippen LogP contribution in [0.1, 0.15) is 89.3 Å². The van der Waals surface area contributed by atoms with Crippen molar-refractivity contribution < 1.29 is 0 Å². The summed E-state index contributed by atoms with van der Waals surface area (Å²) >= 11 is 3.52. The molecule has 0 radical (unpaired) electrons. The third kappa shape index (κ3) is 8.57. The number of nitrogens with zero attached hydrogens (tertiary/aromatic N) is 1. The Labute approximate surface area is 139 Å². The molecule has 1 aromatic rings. The number of rotatable bonds is 12. The molecule has 0 spiro atoms. The van der Waals surface area contributed by atoms with Crippen molar-refractivity contribution in [2.45, 2.75) is 83.6 Å². The molecule has 2 N–H and O–H groups in total. The molecule has 0 aliphatic heterocycles. The van der Waals surface area contributed by atoms with Crippen LogP contribution in [-0.4, -0.2) is 4.98 Å². The van der Waals surface area contributed by atoms with Gasteiger partial charge in [0.2, 0.25) is 0 Å². The normalized spacial score (nSPS) is 12.5. The number of pyridine rings is 1. The second-order valence-electron chi connectivity index (χ2n) is 5.95. The minimum absolute atomic E-state index is 0.0645. The second-order valence-corrected chi connectivity index (χ2v) is 6.80. The first kappa shape index (κ1) is 18.6. The lowest BCUT2D eigenvalue weighted by Crippen LogP contribution is -2.12. The summed E-state index contributed by atoms with van der Waals surface area (Å²) < 4.78 is 1.03. The predicted molar refractivity (Wildman–Crippen MR) is 95.3 cm³/mol. The van der Waals surface area contributed by atoms with Gasteiger partial charge in [0.05, 0.1) is 5.69 Å². The fourth-order valence-electron chi connectivity index (χ4n) is 2.66. The van der Waals surface area contributed by atoms with E-state index in [0.29, 0.717) is 0 Å². The highest BCUT2D eigenvalue weighted by Crippen LogP contribution is 2.23. The van der Waals surface area contributed by atoms with Gasteiger partial charge in [0.25, 0.3) is 0 Å². The summed E-state index contributed by atoms with van der Waals surface area (Å²) in [5.74, 6) is 0. The number of nitrogens with two attached hydrogens (primary N) is 1. The largest absolute Gasteiger partial charge is 0.323 e. The van der Waals surface area contributed by atoms with Gasteiger partial charge in [0.15, 0.2) is 0 Å². The van der Waals surface area contributed by atoms with Crippen LogP contribution in [0.4, 0.5) is 0 Å². The van der Waals surface area contributed by atoms with Crippen LogP contribution in [0.5, 0.6) is 0 Å². The van der Waals surface area contributed by atoms with Crippen LogP contribution in [0.25, 0.3) is 0 Å². The zero-order valence-electron chi connectivity index (χ0n) is 13.5. The van der Waals surface area contributed by atoms with Crippen molar-refractivity contribution >= 4 is 15.9 Å². The Hall–Kier alpha value is -0.410. The quantitative estimate of drug-likeness (QED) is 0.456. The number of halogens is 1. The van der Waals surface area contributed by atoms with Gasteiger partial charge in [-0.3, -0.25) is 4.98 Å². The van der Waals surface area contributed by atoms with Gasteiger partial charge in [0.1, 0.15) is 0 Å². The molecule has 0 aliphatic carbocycles. The lowest BCUT2D eigenvalue weighted by Gasteiger charge is -2.12. The molecule has 0 aromatic carbocycles. The lowest BCUT2D eigenvalue weighted by atomic mass is 10.0. The fourth-order valence-corrected chi connectivity index (χ4v) is 3.21. The third-order valence-electron chi connectivity index (χ3n) is 4.01. The van der Waals surface area contributed by atoms with Gasteiger partial charge in [-0.2, -0.15) is 0 Å². The maximum atomic E-state index is 6.21. The first-order valence-corrected chi connectivity index (χ1v) is 9.41. The molecule has 0 aliphatic rings. The molecule has 1 aromatic heterocycles. The molecule has 0 saturated heterocycles.